The molecule has 2 aliphatic rings. The number of rotatable bonds is 2. The van der Waals surface area contributed by atoms with Crippen LogP contribution in [0.2, 0.25) is 0 Å². The molecule has 0 radical (unpaired) electrons. The Hall–Kier alpha value is -3.47. The van der Waals surface area contributed by atoms with E-state index < -0.39 is 0 Å². The summed E-state index contributed by atoms with van der Waals surface area (Å²) in [4.78, 5) is 34.6. The van der Waals surface area contributed by atoms with Crippen molar-refractivity contribution in [3.63, 3.8) is 0 Å². The first-order chi connectivity index (χ1) is 15.0. The molecule has 3 heterocycles. The van der Waals surface area contributed by atoms with Gasteiger partial charge in [0.25, 0.3) is 0 Å². The first-order valence-corrected chi connectivity index (χ1v) is 10.9. The molecular formula is C26H25N3O2. The first kappa shape index (κ1) is 19.5. The number of fused-ring (bicyclic) bond motifs is 2. The second-order valence-corrected chi connectivity index (χ2v) is 8.38. The number of aryl methyl sites for hydroxylation is 1. The van der Waals surface area contributed by atoms with Gasteiger partial charge in [-0.3, -0.25) is 14.5 Å². The molecule has 31 heavy (non-hydrogen) atoms. The smallest absolute Gasteiger partial charge is 0.228 e. The molecule has 5 heteroatoms. The molecule has 156 valence electrons. The minimum Gasteiger partial charge on any atom is -0.356 e. The van der Waals surface area contributed by atoms with Crippen LogP contribution in [-0.4, -0.2) is 29.8 Å². The number of nitrogens with zero attached hydrogens (tertiary/aromatic N) is 3. The van der Waals surface area contributed by atoms with Crippen LogP contribution in [0.25, 0.3) is 17.0 Å². The zero-order valence-electron chi connectivity index (χ0n) is 17.9. The molecular weight excluding hydrogens is 386 g/mol. The molecule has 2 aliphatic heterocycles. The fourth-order valence-electron chi connectivity index (χ4n) is 4.61. The van der Waals surface area contributed by atoms with E-state index in [9.17, 15) is 9.59 Å². The van der Waals surface area contributed by atoms with Crippen molar-refractivity contribution in [2.75, 3.05) is 22.9 Å². The minimum atomic E-state index is -0.173. The Kier molecular flexibility index (Phi) is 4.81. The second-order valence-electron chi connectivity index (χ2n) is 8.38. The number of anilines is 2. The molecule has 1 amide bonds. The topological polar surface area (TPSA) is 53.5 Å². The molecule has 5 rings (SSSR count). The van der Waals surface area contributed by atoms with E-state index in [4.69, 9.17) is 4.98 Å². The van der Waals surface area contributed by atoms with Crippen LogP contribution in [0, 0.1) is 6.92 Å². The van der Waals surface area contributed by atoms with Crippen molar-refractivity contribution in [3.8, 4) is 0 Å². The van der Waals surface area contributed by atoms with Gasteiger partial charge in [0.15, 0.2) is 0 Å². The fraction of sp³-hybridized carbons (Fsp3) is 0.269. The van der Waals surface area contributed by atoms with Crippen LogP contribution < -0.4 is 9.80 Å². The van der Waals surface area contributed by atoms with Crippen LogP contribution in [-0.2, 0) is 4.79 Å². The summed E-state index contributed by atoms with van der Waals surface area (Å²) in [5.41, 5.74) is 4.58. The molecule has 0 aliphatic carbocycles. The average Bonchev–Trinajstić information content (AvgIpc) is 3.06. The summed E-state index contributed by atoms with van der Waals surface area (Å²) >= 11 is 0. The summed E-state index contributed by atoms with van der Waals surface area (Å²) < 4.78 is 0. The first-order valence-electron chi connectivity index (χ1n) is 10.9. The van der Waals surface area contributed by atoms with Gasteiger partial charge in [-0.05, 0) is 62.6 Å². The van der Waals surface area contributed by atoms with Gasteiger partial charge in [0.1, 0.15) is 5.82 Å². The number of piperidine rings is 1. The van der Waals surface area contributed by atoms with Crippen molar-refractivity contribution < 1.29 is 9.59 Å². The summed E-state index contributed by atoms with van der Waals surface area (Å²) in [5.74, 6) is 0.587. The van der Waals surface area contributed by atoms with E-state index in [-0.39, 0.29) is 11.7 Å². The van der Waals surface area contributed by atoms with E-state index in [0.717, 1.165) is 53.8 Å². The third kappa shape index (κ3) is 3.40. The summed E-state index contributed by atoms with van der Waals surface area (Å²) in [6, 6.07) is 15.6. The highest BCUT2D eigenvalue weighted by molar-refractivity contribution is 6.26. The number of hydrogen-bond acceptors (Lipinski definition) is 4. The van der Waals surface area contributed by atoms with E-state index in [2.05, 4.69) is 30.0 Å². The minimum absolute atomic E-state index is 0.125. The number of carbonyl (C=O) groups excluding carboxylic acids is 2. The number of pyridine rings is 1. The van der Waals surface area contributed by atoms with Crippen LogP contribution in [0.1, 0.15) is 47.7 Å². The van der Waals surface area contributed by atoms with Gasteiger partial charge >= 0.3 is 0 Å². The Morgan fingerprint density at radius 3 is 2.58 bits per heavy atom. The number of carbonyl (C=O) groups is 2. The van der Waals surface area contributed by atoms with Crippen LogP contribution in [0.4, 0.5) is 11.5 Å². The third-order valence-corrected chi connectivity index (χ3v) is 6.10. The van der Waals surface area contributed by atoms with Crippen molar-refractivity contribution in [2.24, 2.45) is 0 Å². The van der Waals surface area contributed by atoms with E-state index in [1.165, 1.54) is 18.2 Å². The number of benzene rings is 2. The summed E-state index contributed by atoms with van der Waals surface area (Å²) in [6.45, 7) is 5.46. The Balaban J connectivity index is 1.70. The zero-order valence-corrected chi connectivity index (χ0v) is 17.9. The highest BCUT2D eigenvalue weighted by atomic mass is 16.2. The van der Waals surface area contributed by atoms with Crippen molar-refractivity contribution in [1.29, 1.82) is 0 Å². The Morgan fingerprint density at radius 2 is 1.81 bits per heavy atom. The predicted molar refractivity (Wildman–Crippen MR) is 124 cm³/mol. The average molecular weight is 412 g/mol. The Morgan fingerprint density at radius 1 is 1.03 bits per heavy atom. The standard InChI is InChI=1S/C26H25N3O2/c1-17-10-11-22-19(14-17)15-20(26(27-22)28-12-6-3-7-13-28)16-24-25(31)21-8-4-5-9-23(21)29(24)18(2)30/h4-5,8-11,14-16H,3,6-7,12-13H2,1-2H3. The molecule has 0 bridgehead atoms. The van der Waals surface area contributed by atoms with Crippen molar-refractivity contribution in [1.82, 2.24) is 4.98 Å². The fourth-order valence-corrected chi connectivity index (χ4v) is 4.61. The lowest BCUT2D eigenvalue weighted by Crippen LogP contribution is -2.31. The van der Waals surface area contributed by atoms with Crippen LogP contribution in [0.3, 0.4) is 0 Å². The van der Waals surface area contributed by atoms with Gasteiger partial charge in [0, 0.05) is 36.5 Å². The van der Waals surface area contributed by atoms with Gasteiger partial charge in [-0.1, -0.05) is 23.8 Å². The maximum Gasteiger partial charge on any atom is 0.228 e. The molecule has 1 aromatic heterocycles. The lowest BCUT2D eigenvalue weighted by Gasteiger charge is -2.29. The van der Waals surface area contributed by atoms with Crippen LogP contribution in [0.15, 0.2) is 54.2 Å². The van der Waals surface area contributed by atoms with E-state index in [1.54, 1.807) is 6.07 Å². The summed E-state index contributed by atoms with van der Waals surface area (Å²) in [7, 11) is 0. The Labute approximate surface area is 182 Å². The SMILES string of the molecule is CC(=O)N1C(=Cc2cc3cc(C)ccc3nc2N2CCCCC2)C(=O)c2ccccc21. The molecule has 0 unspecified atom stereocenters. The van der Waals surface area contributed by atoms with E-state index >= 15 is 0 Å². The monoisotopic (exact) mass is 411 g/mol. The number of Topliss-reactive ketones (excluding diaryl/α,β-unsaturated/α-hetero) is 1. The normalized spacial score (nSPS) is 17.5. The van der Waals surface area contributed by atoms with Crippen LogP contribution >= 0.6 is 0 Å². The van der Waals surface area contributed by atoms with E-state index in [0.29, 0.717) is 16.9 Å². The zero-order chi connectivity index (χ0) is 21.5. The van der Waals surface area contributed by atoms with E-state index in [1.807, 2.05) is 30.3 Å². The largest absolute Gasteiger partial charge is 0.356 e. The van der Waals surface area contributed by atoms with Crippen molar-refractivity contribution in [3.05, 3.63) is 70.9 Å². The number of aromatic nitrogens is 1. The number of allylic oxidation sites excluding steroid dienone is 1. The number of para-hydroxylation sites is 1. The van der Waals surface area contributed by atoms with Gasteiger partial charge in [-0.25, -0.2) is 4.98 Å². The number of ketones is 1. The number of amides is 1. The molecule has 1 saturated heterocycles. The molecule has 1 fully saturated rings. The van der Waals surface area contributed by atoms with Crippen molar-refractivity contribution in [2.45, 2.75) is 33.1 Å². The predicted octanol–water partition coefficient (Wildman–Crippen LogP) is 5.12. The maximum atomic E-state index is 13.2. The molecule has 5 nitrogen and oxygen atoms in total. The van der Waals surface area contributed by atoms with Gasteiger partial charge < -0.3 is 4.90 Å². The summed E-state index contributed by atoms with van der Waals surface area (Å²) in [6.07, 6.45) is 5.34. The summed E-state index contributed by atoms with van der Waals surface area (Å²) in [5, 5.41) is 1.03. The quantitative estimate of drug-likeness (QED) is 0.549. The molecule has 2 aromatic carbocycles. The molecule has 0 N–H and O–H groups in total. The lowest BCUT2D eigenvalue weighted by atomic mass is 10.0. The Bertz CT molecular complexity index is 1240. The molecule has 0 saturated carbocycles. The van der Waals surface area contributed by atoms with Crippen LogP contribution in [0.5, 0.6) is 0 Å². The highest BCUT2D eigenvalue weighted by Crippen LogP contribution is 2.37. The molecule has 3 aromatic rings. The van der Waals surface area contributed by atoms with Crippen molar-refractivity contribution >= 4 is 40.2 Å². The molecule has 0 atom stereocenters. The highest BCUT2D eigenvalue weighted by Gasteiger charge is 2.34. The van der Waals surface area contributed by atoms with Gasteiger partial charge in [-0.15, -0.1) is 0 Å². The second kappa shape index (κ2) is 7.65. The number of hydrogen-bond donors (Lipinski definition) is 0. The third-order valence-electron chi connectivity index (χ3n) is 6.10. The lowest BCUT2D eigenvalue weighted by molar-refractivity contribution is -0.116. The maximum absolute atomic E-state index is 13.2. The van der Waals surface area contributed by atoms with Gasteiger partial charge in [0.2, 0.25) is 11.7 Å². The van der Waals surface area contributed by atoms with Gasteiger partial charge in [0.05, 0.1) is 16.9 Å². The van der Waals surface area contributed by atoms with Gasteiger partial charge in [-0.2, -0.15) is 0 Å². The molecule has 0 spiro atoms.